The number of aliphatic carboxylic acids is 1. The third kappa shape index (κ3) is 2.74. The van der Waals surface area contributed by atoms with Gasteiger partial charge < -0.3 is 16.2 Å². The largest absolute Gasteiger partial charge is 0.481 e. The van der Waals surface area contributed by atoms with Crippen molar-refractivity contribution in [3.8, 4) is 0 Å². The summed E-state index contributed by atoms with van der Waals surface area (Å²) in [5.74, 6) is -1.65. The number of nitrogens with two attached hydrogens (primary N) is 1. The maximum absolute atomic E-state index is 11.5. The SMILES string of the molecule is CC(Nc1nc2c(cc1C(N)=O)CCC2)C(C)C(=O)O. The van der Waals surface area contributed by atoms with Gasteiger partial charge in [-0.15, -0.1) is 0 Å². The number of nitrogens with zero attached hydrogens (tertiary/aromatic N) is 1. The maximum Gasteiger partial charge on any atom is 0.308 e. The molecule has 108 valence electrons. The molecule has 2 atom stereocenters. The van der Waals surface area contributed by atoms with Crippen LogP contribution in [0.1, 0.15) is 41.9 Å². The van der Waals surface area contributed by atoms with Gasteiger partial charge in [0, 0.05) is 11.7 Å². The highest BCUT2D eigenvalue weighted by Crippen LogP contribution is 2.26. The minimum atomic E-state index is -0.896. The zero-order valence-corrected chi connectivity index (χ0v) is 11.6. The Hall–Kier alpha value is -2.11. The normalized spacial score (nSPS) is 16.3. The van der Waals surface area contributed by atoms with Gasteiger partial charge in [-0.2, -0.15) is 0 Å². The second-order valence-corrected chi connectivity index (χ2v) is 5.27. The average Bonchev–Trinajstić information content (AvgIpc) is 2.83. The predicted octanol–water partition coefficient (Wildman–Crippen LogP) is 1.19. The van der Waals surface area contributed by atoms with Crippen molar-refractivity contribution >= 4 is 17.7 Å². The molecule has 6 heteroatoms. The first-order valence-corrected chi connectivity index (χ1v) is 6.72. The summed E-state index contributed by atoms with van der Waals surface area (Å²) >= 11 is 0. The second-order valence-electron chi connectivity index (χ2n) is 5.27. The van der Waals surface area contributed by atoms with Crippen LogP contribution in [-0.2, 0) is 17.6 Å². The van der Waals surface area contributed by atoms with Gasteiger partial charge in [0.15, 0.2) is 0 Å². The van der Waals surface area contributed by atoms with Crippen molar-refractivity contribution in [1.29, 1.82) is 0 Å². The molecule has 0 saturated heterocycles. The fraction of sp³-hybridized carbons (Fsp3) is 0.500. The fourth-order valence-electron chi connectivity index (χ4n) is 2.32. The van der Waals surface area contributed by atoms with Crippen LogP contribution in [0.25, 0.3) is 0 Å². The van der Waals surface area contributed by atoms with Crippen LogP contribution in [0, 0.1) is 5.92 Å². The number of hydrogen-bond acceptors (Lipinski definition) is 4. The standard InChI is InChI=1S/C14H19N3O3/c1-7(14(19)20)8(2)16-13-10(12(15)18)6-9-4-3-5-11(9)17-13/h6-8H,3-5H2,1-2H3,(H2,15,18)(H,16,17)(H,19,20). The van der Waals surface area contributed by atoms with E-state index in [1.165, 1.54) is 0 Å². The number of carbonyl (C=O) groups excluding carboxylic acids is 1. The molecule has 1 amide bonds. The van der Waals surface area contributed by atoms with E-state index >= 15 is 0 Å². The lowest BCUT2D eigenvalue weighted by molar-refractivity contribution is -0.141. The number of anilines is 1. The van der Waals surface area contributed by atoms with E-state index in [1.54, 1.807) is 19.9 Å². The van der Waals surface area contributed by atoms with Crippen LogP contribution in [0.3, 0.4) is 0 Å². The van der Waals surface area contributed by atoms with Crippen molar-refractivity contribution < 1.29 is 14.7 Å². The summed E-state index contributed by atoms with van der Waals surface area (Å²) in [6.45, 7) is 3.36. The van der Waals surface area contributed by atoms with Crippen LogP contribution in [0.15, 0.2) is 6.07 Å². The highest BCUT2D eigenvalue weighted by Gasteiger charge is 2.23. The molecule has 1 aromatic heterocycles. The van der Waals surface area contributed by atoms with E-state index in [0.29, 0.717) is 11.4 Å². The van der Waals surface area contributed by atoms with Gasteiger partial charge in [0.2, 0.25) is 0 Å². The molecular formula is C14H19N3O3. The zero-order valence-electron chi connectivity index (χ0n) is 11.6. The Morgan fingerprint density at radius 1 is 1.40 bits per heavy atom. The molecule has 0 bridgehead atoms. The number of fused-ring (bicyclic) bond motifs is 1. The summed E-state index contributed by atoms with van der Waals surface area (Å²) in [6.07, 6.45) is 2.81. The predicted molar refractivity (Wildman–Crippen MR) is 74.7 cm³/mol. The molecule has 1 aliphatic rings. The minimum Gasteiger partial charge on any atom is -0.481 e. The molecule has 4 N–H and O–H groups in total. The van der Waals surface area contributed by atoms with E-state index in [4.69, 9.17) is 10.8 Å². The van der Waals surface area contributed by atoms with Crippen molar-refractivity contribution in [2.24, 2.45) is 11.7 Å². The molecule has 1 aliphatic carbocycles. The molecule has 1 heterocycles. The molecular weight excluding hydrogens is 258 g/mol. The number of aryl methyl sites for hydroxylation is 2. The van der Waals surface area contributed by atoms with Gasteiger partial charge in [0.1, 0.15) is 5.82 Å². The molecule has 0 saturated carbocycles. The molecule has 2 unspecified atom stereocenters. The second kappa shape index (κ2) is 5.48. The Bertz CT molecular complexity index is 557. The molecule has 0 radical (unpaired) electrons. The molecule has 0 aromatic carbocycles. The number of primary amides is 1. The Morgan fingerprint density at radius 3 is 2.70 bits per heavy atom. The topological polar surface area (TPSA) is 105 Å². The molecule has 6 nitrogen and oxygen atoms in total. The molecule has 1 aromatic rings. The van der Waals surface area contributed by atoms with Crippen LogP contribution >= 0.6 is 0 Å². The number of amides is 1. The van der Waals surface area contributed by atoms with Gasteiger partial charge in [-0.3, -0.25) is 9.59 Å². The monoisotopic (exact) mass is 277 g/mol. The summed E-state index contributed by atoms with van der Waals surface area (Å²) in [4.78, 5) is 27.0. The number of aromatic nitrogens is 1. The molecule has 0 aliphatic heterocycles. The number of nitrogens with one attached hydrogen (secondary N) is 1. The number of pyridine rings is 1. The molecule has 0 spiro atoms. The quantitative estimate of drug-likeness (QED) is 0.749. The molecule has 20 heavy (non-hydrogen) atoms. The van der Waals surface area contributed by atoms with E-state index in [9.17, 15) is 9.59 Å². The van der Waals surface area contributed by atoms with E-state index in [0.717, 1.165) is 30.5 Å². The first kappa shape index (κ1) is 14.3. The van der Waals surface area contributed by atoms with Crippen LogP contribution in [0.4, 0.5) is 5.82 Å². The minimum absolute atomic E-state index is 0.329. The Balaban J connectivity index is 2.31. The maximum atomic E-state index is 11.5. The third-order valence-corrected chi connectivity index (χ3v) is 3.82. The lowest BCUT2D eigenvalue weighted by Gasteiger charge is -2.20. The summed E-state index contributed by atoms with van der Waals surface area (Å²) in [6, 6.07) is 1.43. The number of carboxylic acids is 1. The Morgan fingerprint density at radius 2 is 2.10 bits per heavy atom. The zero-order chi connectivity index (χ0) is 14.9. The van der Waals surface area contributed by atoms with E-state index in [2.05, 4.69) is 10.3 Å². The highest BCUT2D eigenvalue weighted by molar-refractivity contribution is 5.98. The van der Waals surface area contributed by atoms with Gasteiger partial charge in [-0.25, -0.2) is 4.98 Å². The van der Waals surface area contributed by atoms with Gasteiger partial charge in [0.25, 0.3) is 5.91 Å². The molecule has 0 fully saturated rings. The number of hydrogen-bond donors (Lipinski definition) is 3. The van der Waals surface area contributed by atoms with E-state index in [1.807, 2.05) is 0 Å². The summed E-state index contributed by atoms with van der Waals surface area (Å²) < 4.78 is 0. The average molecular weight is 277 g/mol. The lowest BCUT2D eigenvalue weighted by Crippen LogP contribution is -2.31. The van der Waals surface area contributed by atoms with E-state index in [-0.39, 0.29) is 6.04 Å². The number of carbonyl (C=O) groups is 2. The first-order valence-electron chi connectivity index (χ1n) is 6.72. The smallest absolute Gasteiger partial charge is 0.308 e. The summed E-state index contributed by atoms with van der Waals surface area (Å²) in [5.41, 5.74) is 7.74. The Labute approximate surface area is 117 Å². The first-order chi connectivity index (χ1) is 9.40. The number of rotatable bonds is 5. The van der Waals surface area contributed by atoms with Crippen molar-refractivity contribution in [2.75, 3.05) is 5.32 Å². The lowest BCUT2D eigenvalue weighted by atomic mass is 10.0. The summed E-state index contributed by atoms with van der Waals surface area (Å²) in [5, 5.41) is 12.0. The fourth-order valence-corrected chi connectivity index (χ4v) is 2.32. The van der Waals surface area contributed by atoms with Gasteiger partial charge in [-0.1, -0.05) is 0 Å². The number of carboxylic acid groups (broad SMARTS) is 1. The van der Waals surface area contributed by atoms with Gasteiger partial charge in [-0.05, 0) is 44.7 Å². The van der Waals surface area contributed by atoms with Crippen LogP contribution < -0.4 is 11.1 Å². The van der Waals surface area contributed by atoms with Crippen molar-refractivity contribution in [2.45, 2.75) is 39.2 Å². The van der Waals surface area contributed by atoms with Crippen LogP contribution in [0.2, 0.25) is 0 Å². The van der Waals surface area contributed by atoms with Crippen molar-refractivity contribution in [3.63, 3.8) is 0 Å². The van der Waals surface area contributed by atoms with Crippen LogP contribution in [-0.4, -0.2) is 28.0 Å². The van der Waals surface area contributed by atoms with E-state index < -0.39 is 17.8 Å². The molecule has 2 rings (SSSR count). The van der Waals surface area contributed by atoms with Crippen molar-refractivity contribution in [3.05, 3.63) is 22.9 Å². The highest BCUT2D eigenvalue weighted by atomic mass is 16.4. The van der Waals surface area contributed by atoms with Gasteiger partial charge >= 0.3 is 5.97 Å². The van der Waals surface area contributed by atoms with Crippen LogP contribution in [0.5, 0.6) is 0 Å². The van der Waals surface area contributed by atoms with Crippen molar-refractivity contribution in [1.82, 2.24) is 4.98 Å². The van der Waals surface area contributed by atoms with Gasteiger partial charge in [0.05, 0.1) is 11.5 Å². The third-order valence-electron chi connectivity index (χ3n) is 3.82. The summed E-state index contributed by atoms with van der Waals surface area (Å²) in [7, 11) is 0. The Kier molecular flexibility index (Phi) is 3.92.